The zero-order chi connectivity index (χ0) is 26.5. The average molecular weight is 519 g/mol. The number of fused-ring (bicyclic) bond motifs is 2. The molecule has 0 aromatic heterocycles. The molecule has 2 fully saturated rings. The smallest absolute Gasteiger partial charge is 0.246 e. The molecule has 1 aromatic rings. The highest BCUT2D eigenvalue weighted by Crippen LogP contribution is 2.46. The Morgan fingerprint density at radius 3 is 2.61 bits per heavy atom. The van der Waals surface area contributed by atoms with Crippen LogP contribution in [0.5, 0.6) is 5.75 Å². The number of carbonyl (C=O) groups excluding carboxylic acids is 3. The van der Waals surface area contributed by atoms with E-state index in [1.54, 1.807) is 30.8 Å². The number of hydrogen-bond donors (Lipinski definition) is 3. The van der Waals surface area contributed by atoms with Crippen molar-refractivity contribution in [3.05, 3.63) is 29.3 Å². The molecule has 0 spiro atoms. The number of hydrogen-bond acceptors (Lipinski definition) is 6. The Morgan fingerprint density at radius 1 is 1.17 bits per heavy atom. The Hall–Kier alpha value is -2.26. The van der Waals surface area contributed by atoms with Gasteiger partial charge in [0.1, 0.15) is 17.8 Å². The number of likely N-dealkylation sites (N-methyl/N-ethyl adjacent to an activating group) is 1. The summed E-state index contributed by atoms with van der Waals surface area (Å²) in [5.74, 6) is 1.11. The fourth-order valence-electron chi connectivity index (χ4n) is 5.58. The normalized spacial score (nSPS) is 26.5. The predicted molar refractivity (Wildman–Crippen MR) is 144 cm³/mol. The van der Waals surface area contributed by atoms with Gasteiger partial charge in [0.2, 0.25) is 17.7 Å². The van der Waals surface area contributed by atoms with Crippen LogP contribution >= 0.6 is 11.8 Å². The number of nitrogens with zero attached hydrogens (tertiary/aromatic N) is 1. The highest BCUT2D eigenvalue weighted by atomic mass is 32.2. The summed E-state index contributed by atoms with van der Waals surface area (Å²) in [6, 6.07) is 4.76. The maximum Gasteiger partial charge on any atom is 0.246 e. The predicted octanol–water partition coefficient (Wildman–Crippen LogP) is 3.01. The fourth-order valence-corrected chi connectivity index (χ4v) is 7.15. The van der Waals surface area contributed by atoms with Crippen molar-refractivity contribution in [3.8, 4) is 5.75 Å². The molecule has 0 saturated carbocycles. The second-order valence-corrected chi connectivity index (χ2v) is 11.4. The minimum atomic E-state index is -0.606. The molecular weight excluding hydrogens is 476 g/mol. The van der Waals surface area contributed by atoms with Gasteiger partial charge in [-0.05, 0) is 73.6 Å². The lowest BCUT2D eigenvalue weighted by molar-refractivity contribution is -0.143. The van der Waals surface area contributed by atoms with Crippen molar-refractivity contribution < 1.29 is 19.1 Å². The highest BCUT2D eigenvalue weighted by molar-refractivity contribution is 7.99. The Morgan fingerprint density at radius 2 is 1.92 bits per heavy atom. The minimum Gasteiger partial charge on any atom is -0.497 e. The number of rotatable bonds is 6. The molecule has 2 heterocycles. The van der Waals surface area contributed by atoms with Crippen molar-refractivity contribution in [1.82, 2.24) is 20.9 Å². The third-order valence-corrected chi connectivity index (χ3v) is 8.45. The van der Waals surface area contributed by atoms with Crippen LogP contribution in [-0.4, -0.2) is 66.5 Å². The van der Waals surface area contributed by atoms with E-state index in [1.807, 2.05) is 26.0 Å². The van der Waals surface area contributed by atoms with Gasteiger partial charge in [0, 0.05) is 0 Å². The monoisotopic (exact) mass is 518 g/mol. The zero-order valence-electron chi connectivity index (χ0n) is 22.5. The van der Waals surface area contributed by atoms with Gasteiger partial charge in [-0.3, -0.25) is 14.4 Å². The van der Waals surface area contributed by atoms with Gasteiger partial charge < -0.3 is 25.6 Å². The summed E-state index contributed by atoms with van der Waals surface area (Å²) >= 11 is 1.71. The van der Waals surface area contributed by atoms with Gasteiger partial charge in [0.25, 0.3) is 0 Å². The van der Waals surface area contributed by atoms with E-state index < -0.39 is 12.1 Å². The van der Waals surface area contributed by atoms with Crippen LogP contribution in [0.1, 0.15) is 70.5 Å². The topological polar surface area (TPSA) is 99.8 Å². The maximum atomic E-state index is 13.8. The number of nitrogens with one attached hydrogen (secondary N) is 3. The molecule has 1 aromatic carbocycles. The van der Waals surface area contributed by atoms with E-state index in [-0.39, 0.29) is 41.1 Å². The molecule has 9 heteroatoms. The summed E-state index contributed by atoms with van der Waals surface area (Å²) in [6.07, 6.45) is 4.13. The van der Waals surface area contributed by atoms with Crippen LogP contribution in [0.3, 0.4) is 0 Å². The summed E-state index contributed by atoms with van der Waals surface area (Å²) in [7, 11) is 3.36. The van der Waals surface area contributed by atoms with Gasteiger partial charge in [-0.15, -0.1) is 11.8 Å². The molecule has 3 amide bonds. The van der Waals surface area contributed by atoms with Gasteiger partial charge in [-0.25, -0.2) is 0 Å². The third kappa shape index (κ3) is 5.99. The summed E-state index contributed by atoms with van der Waals surface area (Å²) < 4.78 is 5.37. The number of ether oxygens (including phenoxy) is 1. The Bertz CT molecular complexity index is 954. The van der Waals surface area contributed by atoms with Crippen LogP contribution < -0.4 is 20.7 Å². The van der Waals surface area contributed by atoms with Crippen LogP contribution in [0.2, 0.25) is 0 Å². The summed E-state index contributed by atoms with van der Waals surface area (Å²) in [4.78, 5) is 41.3. The first-order chi connectivity index (χ1) is 17.2. The number of aryl methyl sites for hydroxylation is 1. The van der Waals surface area contributed by atoms with Crippen molar-refractivity contribution in [1.29, 1.82) is 0 Å². The van der Waals surface area contributed by atoms with Crippen molar-refractivity contribution in [2.45, 2.75) is 83.3 Å². The van der Waals surface area contributed by atoms with Crippen LogP contribution in [0.15, 0.2) is 18.2 Å². The molecule has 4 atom stereocenters. The molecule has 3 N–H and O–H groups in total. The van der Waals surface area contributed by atoms with E-state index in [2.05, 4.69) is 35.9 Å². The first-order valence-electron chi connectivity index (χ1n) is 13.1. The fraction of sp³-hybridized carbons (Fsp3) is 0.667. The molecule has 0 radical (unpaired) electrons. The molecule has 3 aliphatic rings. The zero-order valence-corrected chi connectivity index (χ0v) is 23.3. The van der Waals surface area contributed by atoms with E-state index in [9.17, 15) is 14.4 Å². The van der Waals surface area contributed by atoms with Crippen LogP contribution in [0.25, 0.3) is 0 Å². The van der Waals surface area contributed by atoms with Gasteiger partial charge in [-0.2, -0.15) is 0 Å². The van der Waals surface area contributed by atoms with Crippen molar-refractivity contribution in [3.63, 3.8) is 0 Å². The lowest BCUT2D eigenvalue weighted by Gasteiger charge is -2.36. The molecule has 0 bridgehead atoms. The summed E-state index contributed by atoms with van der Waals surface area (Å²) in [5.41, 5.74) is 1.96. The molecular formula is C27H42N4O4S. The molecule has 200 valence electrons. The molecule has 2 unspecified atom stereocenters. The number of benzene rings is 1. The summed E-state index contributed by atoms with van der Waals surface area (Å²) in [5, 5.41) is 8.90. The number of thioether (sulfide) groups is 1. The Labute approximate surface area is 219 Å². The molecule has 2 saturated heterocycles. The SMILES string of the molecule is CC.CNCC(=O)NC1CCSC2CC(C)(C)[C@@H](C(=O)N[C@@H]3CCCc4cc(OC)ccc43)N2C1=O. The maximum absolute atomic E-state index is 13.8. The summed E-state index contributed by atoms with van der Waals surface area (Å²) in [6.45, 7) is 8.28. The van der Waals surface area contributed by atoms with Gasteiger partial charge in [0.05, 0.1) is 25.1 Å². The van der Waals surface area contributed by atoms with Crippen molar-refractivity contribution in [2.75, 3.05) is 26.5 Å². The number of carbonyl (C=O) groups is 3. The lowest BCUT2D eigenvalue weighted by Crippen LogP contribution is -2.57. The quantitative estimate of drug-likeness (QED) is 0.535. The van der Waals surface area contributed by atoms with E-state index in [0.717, 1.165) is 42.7 Å². The minimum absolute atomic E-state index is 0.0626. The molecule has 4 rings (SSSR count). The standard InChI is InChI=1S/C25H36N4O4S.C2H6/c1-25(2)13-21-29(24(32)19(10-11-34-21)27-20(30)14-26-3)22(25)23(31)28-18-7-5-6-15-12-16(33-4)8-9-17(15)18;1-2/h8-9,12,18-19,21-22,26H,5-7,10-11,13-14H2,1-4H3,(H,27,30)(H,28,31);1-2H3/t18-,19?,21?,22-;/m1./s1. The lowest BCUT2D eigenvalue weighted by atomic mass is 9.83. The average Bonchev–Trinajstić information content (AvgIpc) is 3.05. The first kappa shape index (κ1) is 28.3. The van der Waals surface area contributed by atoms with E-state index in [4.69, 9.17) is 4.74 Å². The van der Waals surface area contributed by atoms with E-state index in [0.29, 0.717) is 6.42 Å². The number of methoxy groups -OCH3 is 1. The molecule has 1 aliphatic carbocycles. The van der Waals surface area contributed by atoms with Gasteiger partial charge >= 0.3 is 0 Å². The molecule has 36 heavy (non-hydrogen) atoms. The van der Waals surface area contributed by atoms with Crippen LogP contribution in [-0.2, 0) is 20.8 Å². The second kappa shape index (κ2) is 12.3. The van der Waals surface area contributed by atoms with Crippen LogP contribution in [0.4, 0.5) is 0 Å². The first-order valence-corrected chi connectivity index (χ1v) is 14.1. The van der Waals surface area contributed by atoms with E-state index in [1.165, 1.54) is 5.56 Å². The largest absolute Gasteiger partial charge is 0.497 e. The molecule has 8 nitrogen and oxygen atoms in total. The third-order valence-electron chi connectivity index (χ3n) is 7.20. The van der Waals surface area contributed by atoms with Gasteiger partial charge in [-0.1, -0.05) is 33.8 Å². The van der Waals surface area contributed by atoms with Gasteiger partial charge in [0.15, 0.2) is 0 Å². The Kier molecular flexibility index (Phi) is 9.69. The van der Waals surface area contributed by atoms with Crippen molar-refractivity contribution in [2.24, 2.45) is 5.41 Å². The Balaban J connectivity index is 0.00000176. The number of amides is 3. The van der Waals surface area contributed by atoms with E-state index >= 15 is 0 Å². The highest BCUT2D eigenvalue weighted by Gasteiger charge is 2.54. The van der Waals surface area contributed by atoms with Crippen molar-refractivity contribution >= 4 is 29.5 Å². The van der Waals surface area contributed by atoms with Crippen LogP contribution in [0, 0.1) is 5.41 Å². The molecule has 2 aliphatic heterocycles. The second-order valence-electron chi connectivity index (χ2n) is 10.1.